The molecular formula is C24H30N2O4. The van der Waals surface area contributed by atoms with E-state index in [4.69, 9.17) is 9.47 Å². The summed E-state index contributed by atoms with van der Waals surface area (Å²) in [6, 6.07) is 15.6. The highest BCUT2D eigenvalue weighted by Crippen LogP contribution is 2.23. The fourth-order valence-corrected chi connectivity index (χ4v) is 3.60. The number of para-hydroxylation sites is 1. The Kier molecular flexibility index (Phi) is 7.85. The Bertz CT molecular complexity index is 843. The first kappa shape index (κ1) is 21.8. The summed E-state index contributed by atoms with van der Waals surface area (Å²) in [5.74, 6) is 0.661. The van der Waals surface area contributed by atoms with Gasteiger partial charge >= 0.3 is 5.97 Å². The van der Waals surface area contributed by atoms with Crippen molar-refractivity contribution in [3.63, 3.8) is 0 Å². The summed E-state index contributed by atoms with van der Waals surface area (Å²) >= 11 is 0. The van der Waals surface area contributed by atoms with E-state index in [1.165, 1.54) is 7.11 Å². The van der Waals surface area contributed by atoms with Crippen molar-refractivity contribution in [1.82, 2.24) is 10.2 Å². The molecule has 0 unspecified atom stereocenters. The van der Waals surface area contributed by atoms with Crippen LogP contribution in [0, 0.1) is 0 Å². The van der Waals surface area contributed by atoms with Crippen LogP contribution < -0.4 is 10.1 Å². The molecular weight excluding hydrogens is 380 g/mol. The maximum atomic E-state index is 11.6. The highest BCUT2D eigenvalue weighted by Gasteiger charge is 2.21. The Morgan fingerprint density at radius 2 is 1.77 bits per heavy atom. The van der Waals surface area contributed by atoms with Crippen LogP contribution in [0.1, 0.15) is 47.7 Å². The largest absolute Gasteiger partial charge is 0.489 e. The molecule has 1 amide bonds. The summed E-state index contributed by atoms with van der Waals surface area (Å²) in [6.45, 7) is 5.06. The Morgan fingerprint density at radius 3 is 2.43 bits per heavy atom. The number of rotatable bonds is 8. The van der Waals surface area contributed by atoms with E-state index in [-0.39, 0.29) is 17.9 Å². The normalized spacial score (nSPS) is 14.9. The van der Waals surface area contributed by atoms with Crippen molar-refractivity contribution in [2.24, 2.45) is 0 Å². The van der Waals surface area contributed by atoms with Crippen molar-refractivity contribution in [2.45, 2.75) is 45.4 Å². The predicted molar refractivity (Wildman–Crippen MR) is 115 cm³/mol. The number of nitrogens with zero attached hydrogens (tertiary/aromatic N) is 1. The van der Waals surface area contributed by atoms with E-state index < -0.39 is 0 Å². The van der Waals surface area contributed by atoms with Gasteiger partial charge in [0.15, 0.2) is 0 Å². The molecule has 6 heteroatoms. The van der Waals surface area contributed by atoms with E-state index in [1.54, 1.807) is 12.1 Å². The predicted octanol–water partition coefficient (Wildman–Crippen LogP) is 3.54. The Balaban J connectivity index is 1.54. The summed E-state index contributed by atoms with van der Waals surface area (Å²) in [6.07, 6.45) is 2.49. The van der Waals surface area contributed by atoms with Gasteiger partial charge in [-0.3, -0.25) is 9.69 Å². The van der Waals surface area contributed by atoms with Crippen LogP contribution in [0.5, 0.6) is 5.75 Å². The number of methoxy groups -OCH3 is 1. The van der Waals surface area contributed by atoms with Crippen LogP contribution in [0.25, 0.3) is 0 Å². The van der Waals surface area contributed by atoms with Crippen LogP contribution in [0.15, 0.2) is 48.5 Å². The van der Waals surface area contributed by atoms with Gasteiger partial charge in [-0.25, -0.2) is 4.79 Å². The molecule has 1 aliphatic heterocycles. The number of hydrogen-bond donors (Lipinski definition) is 1. The lowest BCUT2D eigenvalue weighted by Gasteiger charge is -2.32. The van der Waals surface area contributed by atoms with E-state index in [9.17, 15) is 9.59 Å². The Morgan fingerprint density at radius 1 is 1.07 bits per heavy atom. The van der Waals surface area contributed by atoms with Gasteiger partial charge in [0.05, 0.1) is 12.7 Å². The molecule has 160 valence electrons. The molecule has 3 rings (SSSR count). The van der Waals surface area contributed by atoms with E-state index in [1.807, 2.05) is 37.3 Å². The average molecular weight is 411 g/mol. The number of carbonyl (C=O) groups is 2. The summed E-state index contributed by atoms with van der Waals surface area (Å²) < 4.78 is 10.8. The summed E-state index contributed by atoms with van der Waals surface area (Å²) in [5.41, 5.74) is 2.67. The smallest absolute Gasteiger partial charge is 0.337 e. The van der Waals surface area contributed by atoms with Crippen molar-refractivity contribution < 1.29 is 19.1 Å². The average Bonchev–Trinajstić information content (AvgIpc) is 2.79. The van der Waals surface area contributed by atoms with Gasteiger partial charge in [-0.2, -0.15) is 0 Å². The van der Waals surface area contributed by atoms with Gasteiger partial charge in [-0.15, -0.1) is 0 Å². The number of likely N-dealkylation sites (tertiary alicyclic amines) is 1. The molecule has 1 aliphatic rings. The quantitative estimate of drug-likeness (QED) is 0.674. The molecule has 0 bridgehead atoms. The zero-order valence-corrected chi connectivity index (χ0v) is 17.7. The third-order valence-corrected chi connectivity index (χ3v) is 5.41. The minimum Gasteiger partial charge on any atom is -0.489 e. The zero-order valence-electron chi connectivity index (χ0n) is 17.7. The molecule has 0 saturated carbocycles. The topological polar surface area (TPSA) is 67.9 Å². The highest BCUT2D eigenvalue weighted by atomic mass is 16.5. The van der Waals surface area contributed by atoms with Gasteiger partial charge in [0, 0.05) is 37.7 Å². The lowest BCUT2D eigenvalue weighted by atomic mass is 10.0. The lowest BCUT2D eigenvalue weighted by Crippen LogP contribution is -2.44. The SMILES string of the molecule is CCC(=O)NC1CCN(Cc2ccccc2OCc2ccc(C(=O)OC)cc2)CC1. The molecule has 1 heterocycles. The van der Waals surface area contributed by atoms with Crippen LogP contribution in [0.4, 0.5) is 0 Å². The van der Waals surface area contributed by atoms with Crippen LogP contribution in [-0.2, 0) is 22.7 Å². The van der Waals surface area contributed by atoms with Gasteiger partial charge in [-0.1, -0.05) is 37.3 Å². The van der Waals surface area contributed by atoms with Gasteiger partial charge in [0.2, 0.25) is 5.91 Å². The molecule has 0 atom stereocenters. The Hall–Kier alpha value is -2.86. The monoisotopic (exact) mass is 410 g/mol. The second kappa shape index (κ2) is 10.8. The van der Waals surface area contributed by atoms with Crippen LogP contribution >= 0.6 is 0 Å². The van der Waals surface area contributed by atoms with E-state index in [0.717, 1.165) is 49.4 Å². The second-order valence-corrected chi connectivity index (χ2v) is 7.56. The van der Waals surface area contributed by atoms with Gasteiger partial charge in [-0.05, 0) is 36.6 Å². The number of ether oxygens (including phenoxy) is 2. The van der Waals surface area contributed by atoms with E-state index in [2.05, 4.69) is 16.3 Å². The molecule has 2 aromatic rings. The number of esters is 1. The van der Waals surface area contributed by atoms with Crippen molar-refractivity contribution >= 4 is 11.9 Å². The molecule has 0 radical (unpaired) electrons. The first-order valence-electron chi connectivity index (χ1n) is 10.5. The van der Waals surface area contributed by atoms with Crippen LogP contribution in [0.2, 0.25) is 0 Å². The molecule has 6 nitrogen and oxygen atoms in total. The van der Waals surface area contributed by atoms with Crippen LogP contribution in [0.3, 0.4) is 0 Å². The summed E-state index contributed by atoms with van der Waals surface area (Å²) in [7, 11) is 1.38. The molecule has 0 aromatic heterocycles. The molecule has 2 aromatic carbocycles. The third kappa shape index (κ3) is 6.07. The number of hydrogen-bond acceptors (Lipinski definition) is 5. The Labute approximate surface area is 178 Å². The summed E-state index contributed by atoms with van der Waals surface area (Å²) in [4.78, 5) is 25.5. The first-order chi connectivity index (χ1) is 14.6. The van der Waals surface area contributed by atoms with Crippen molar-refractivity contribution in [1.29, 1.82) is 0 Å². The third-order valence-electron chi connectivity index (χ3n) is 5.41. The number of nitrogens with one attached hydrogen (secondary N) is 1. The minimum absolute atomic E-state index is 0.131. The first-order valence-corrected chi connectivity index (χ1v) is 10.5. The molecule has 1 saturated heterocycles. The number of amides is 1. The maximum Gasteiger partial charge on any atom is 0.337 e. The number of carbonyl (C=O) groups excluding carboxylic acids is 2. The van der Waals surface area contributed by atoms with Crippen molar-refractivity contribution in [3.8, 4) is 5.75 Å². The van der Waals surface area contributed by atoms with Gasteiger partial charge in [0.1, 0.15) is 12.4 Å². The fourth-order valence-electron chi connectivity index (χ4n) is 3.60. The molecule has 30 heavy (non-hydrogen) atoms. The maximum absolute atomic E-state index is 11.6. The molecule has 0 spiro atoms. The van der Waals surface area contributed by atoms with Crippen molar-refractivity contribution in [2.75, 3.05) is 20.2 Å². The van der Waals surface area contributed by atoms with Gasteiger partial charge < -0.3 is 14.8 Å². The van der Waals surface area contributed by atoms with E-state index >= 15 is 0 Å². The van der Waals surface area contributed by atoms with Crippen LogP contribution in [-0.4, -0.2) is 43.0 Å². The molecule has 0 aliphatic carbocycles. The highest BCUT2D eigenvalue weighted by molar-refractivity contribution is 5.89. The minimum atomic E-state index is -0.342. The fraction of sp³-hybridized carbons (Fsp3) is 0.417. The van der Waals surface area contributed by atoms with E-state index in [0.29, 0.717) is 18.6 Å². The summed E-state index contributed by atoms with van der Waals surface area (Å²) in [5, 5.41) is 3.10. The number of piperidine rings is 1. The standard InChI is InChI=1S/C24H30N2O4/c1-3-23(27)25-21-12-14-26(15-13-21)16-20-6-4-5-7-22(20)30-17-18-8-10-19(11-9-18)24(28)29-2/h4-11,21H,3,12-17H2,1-2H3,(H,25,27). The zero-order chi connectivity index (χ0) is 21.3. The lowest BCUT2D eigenvalue weighted by molar-refractivity contribution is -0.121. The number of benzene rings is 2. The molecule has 1 N–H and O–H groups in total. The molecule has 1 fully saturated rings. The second-order valence-electron chi connectivity index (χ2n) is 7.56. The van der Waals surface area contributed by atoms with Gasteiger partial charge in [0.25, 0.3) is 0 Å². The van der Waals surface area contributed by atoms with Crippen molar-refractivity contribution in [3.05, 3.63) is 65.2 Å².